The Bertz CT molecular complexity index is 613. The molecule has 0 aliphatic heterocycles. The number of carbonyl (C=O) groups is 2. The molecule has 21 heavy (non-hydrogen) atoms. The highest BCUT2D eigenvalue weighted by Gasteiger charge is 2.36. The van der Waals surface area contributed by atoms with E-state index in [0.717, 1.165) is 12.1 Å². The van der Waals surface area contributed by atoms with Crippen LogP contribution in [0.5, 0.6) is 0 Å². The molecule has 2 N–H and O–H groups in total. The SMILES string of the molecule is CC(NC(=O)O)C(C)(C)C(=O)c1cc(F)c(C#N)c(F)c1. The van der Waals surface area contributed by atoms with Crippen LogP contribution in [0.4, 0.5) is 13.6 Å². The van der Waals surface area contributed by atoms with Gasteiger partial charge >= 0.3 is 6.09 Å². The van der Waals surface area contributed by atoms with Crippen molar-refractivity contribution in [1.29, 1.82) is 5.26 Å². The number of nitrogens with zero attached hydrogens (tertiary/aromatic N) is 1. The zero-order valence-corrected chi connectivity index (χ0v) is 11.7. The Morgan fingerprint density at radius 2 is 1.81 bits per heavy atom. The van der Waals surface area contributed by atoms with E-state index in [1.54, 1.807) is 0 Å². The van der Waals surface area contributed by atoms with E-state index in [1.165, 1.54) is 26.8 Å². The average Bonchev–Trinajstić information content (AvgIpc) is 2.36. The number of rotatable bonds is 4. The van der Waals surface area contributed by atoms with Crippen LogP contribution in [-0.2, 0) is 0 Å². The maximum atomic E-state index is 13.5. The molecule has 5 nitrogen and oxygen atoms in total. The predicted octanol–water partition coefficient (Wildman–Crippen LogP) is 2.70. The Balaban J connectivity index is 3.20. The second-order valence-electron chi connectivity index (χ2n) is 5.15. The molecule has 0 aromatic heterocycles. The fraction of sp³-hybridized carbons (Fsp3) is 0.357. The Morgan fingerprint density at radius 3 is 2.19 bits per heavy atom. The molecule has 0 saturated carbocycles. The van der Waals surface area contributed by atoms with Gasteiger partial charge in [0.1, 0.15) is 23.3 Å². The summed E-state index contributed by atoms with van der Waals surface area (Å²) in [5, 5.41) is 19.4. The molecule has 1 aromatic carbocycles. The third kappa shape index (κ3) is 3.34. The second kappa shape index (κ2) is 5.87. The Kier molecular flexibility index (Phi) is 4.63. The number of hydrogen-bond donors (Lipinski definition) is 2. The third-order valence-electron chi connectivity index (χ3n) is 3.42. The topological polar surface area (TPSA) is 90.2 Å². The van der Waals surface area contributed by atoms with Crippen molar-refractivity contribution in [2.24, 2.45) is 5.41 Å². The third-order valence-corrected chi connectivity index (χ3v) is 3.42. The van der Waals surface area contributed by atoms with Crippen molar-refractivity contribution < 1.29 is 23.5 Å². The highest BCUT2D eigenvalue weighted by atomic mass is 19.1. The summed E-state index contributed by atoms with van der Waals surface area (Å²) in [5.74, 6) is -2.89. The van der Waals surface area contributed by atoms with E-state index in [1.807, 2.05) is 0 Å². The fourth-order valence-corrected chi connectivity index (χ4v) is 1.75. The molecule has 0 aliphatic rings. The molecule has 112 valence electrons. The van der Waals surface area contributed by atoms with Crippen molar-refractivity contribution in [2.75, 3.05) is 0 Å². The molecule has 0 aliphatic carbocycles. The van der Waals surface area contributed by atoms with E-state index in [-0.39, 0.29) is 5.56 Å². The van der Waals surface area contributed by atoms with Crippen molar-refractivity contribution in [1.82, 2.24) is 5.32 Å². The van der Waals surface area contributed by atoms with Gasteiger partial charge in [0.05, 0.1) is 0 Å². The number of amides is 1. The van der Waals surface area contributed by atoms with Gasteiger partial charge in [-0.25, -0.2) is 13.6 Å². The van der Waals surface area contributed by atoms with E-state index in [9.17, 15) is 18.4 Å². The van der Waals surface area contributed by atoms with E-state index < -0.39 is 40.5 Å². The molecule has 7 heteroatoms. The molecule has 1 amide bonds. The Morgan fingerprint density at radius 1 is 1.33 bits per heavy atom. The van der Waals surface area contributed by atoms with Gasteiger partial charge in [-0.1, -0.05) is 13.8 Å². The molecular weight excluding hydrogens is 282 g/mol. The first-order valence-corrected chi connectivity index (χ1v) is 6.04. The molecule has 0 bridgehead atoms. The predicted molar refractivity (Wildman–Crippen MR) is 69.8 cm³/mol. The van der Waals surface area contributed by atoms with E-state index in [4.69, 9.17) is 10.4 Å². The van der Waals surface area contributed by atoms with Crippen LogP contribution >= 0.6 is 0 Å². The minimum atomic E-state index is -1.31. The number of ketones is 1. The number of Topliss-reactive ketones (excluding diaryl/α,β-unsaturated/α-hetero) is 1. The monoisotopic (exact) mass is 296 g/mol. The summed E-state index contributed by atoms with van der Waals surface area (Å²) in [6.07, 6.45) is -1.31. The first-order chi connectivity index (χ1) is 9.61. The number of carbonyl (C=O) groups excluding carboxylic acids is 1. The van der Waals surface area contributed by atoms with Crippen molar-refractivity contribution in [2.45, 2.75) is 26.8 Å². The minimum Gasteiger partial charge on any atom is -0.465 e. The molecular formula is C14H14F2N2O3. The van der Waals surface area contributed by atoms with Gasteiger partial charge in [-0.2, -0.15) is 5.26 Å². The first kappa shape index (κ1) is 16.6. The molecule has 1 atom stereocenters. The highest BCUT2D eigenvalue weighted by molar-refractivity contribution is 6.00. The number of carboxylic acid groups (broad SMARTS) is 1. The van der Waals surface area contributed by atoms with E-state index in [0.29, 0.717) is 0 Å². The fourth-order valence-electron chi connectivity index (χ4n) is 1.75. The van der Waals surface area contributed by atoms with Crippen molar-refractivity contribution in [3.05, 3.63) is 34.9 Å². The summed E-state index contributed by atoms with van der Waals surface area (Å²) >= 11 is 0. The number of nitriles is 1. The van der Waals surface area contributed by atoms with Crippen LogP contribution in [0, 0.1) is 28.4 Å². The summed E-state index contributed by atoms with van der Waals surface area (Å²) in [7, 11) is 0. The maximum Gasteiger partial charge on any atom is 0.404 e. The molecule has 0 heterocycles. The molecule has 1 aromatic rings. The van der Waals surface area contributed by atoms with Gasteiger partial charge in [0.25, 0.3) is 0 Å². The van der Waals surface area contributed by atoms with E-state index >= 15 is 0 Å². The minimum absolute atomic E-state index is 0.256. The molecule has 1 rings (SSSR count). The van der Waals surface area contributed by atoms with Gasteiger partial charge in [-0.15, -0.1) is 0 Å². The van der Waals surface area contributed by atoms with Gasteiger partial charge in [0.2, 0.25) is 0 Å². The molecule has 1 unspecified atom stereocenters. The largest absolute Gasteiger partial charge is 0.465 e. The number of nitrogens with one attached hydrogen (secondary N) is 1. The van der Waals surface area contributed by atoms with Gasteiger partial charge < -0.3 is 10.4 Å². The maximum absolute atomic E-state index is 13.5. The van der Waals surface area contributed by atoms with Crippen LogP contribution in [-0.4, -0.2) is 23.0 Å². The van der Waals surface area contributed by atoms with Crippen LogP contribution in [0.2, 0.25) is 0 Å². The van der Waals surface area contributed by atoms with Crippen LogP contribution in [0.3, 0.4) is 0 Å². The van der Waals surface area contributed by atoms with Gasteiger partial charge in [-0.05, 0) is 19.1 Å². The number of benzene rings is 1. The van der Waals surface area contributed by atoms with Crippen molar-refractivity contribution in [3.63, 3.8) is 0 Å². The lowest BCUT2D eigenvalue weighted by atomic mass is 9.78. The summed E-state index contributed by atoms with van der Waals surface area (Å²) < 4.78 is 27.1. The van der Waals surface area contributed by atoms with Crippen molar-refractivity contribution in [3.8, 4) is 6.07 Å². The standard InChI is InChI=1S/C14H14F2N2O3/c1-7(18-13(20)21)14(2,3)12(19)8-4-10(15)9(6-17)11(16)5-8/h4-5,7,18H,1-3H3,(H,20,21). The lowest BCUT2D eigenvalue weighted by molar-refractivity contribution is 0.0788. The zero-order valence-electron chi connectivity index (χ0n) is 11.7. The summed E-state index contributed by atoms with van der Waals surface area (Å²) in [5.41, 5.74) is -2.24. The Hall–Kier alpha value is -2.49. The van der Waals surface area contributed by atoms with Gasteiger partial charge in [-0.3, -0.25) is 4.79 Å². The highest BCUT2D eigenvalue weighted by Crippen LogP contribution is 2.27. The summed E-state index contributed by atoms with van der Waals surface area (Å²) in [6, 6.07) is 2.15. The van der Waals surface area contributed by atoms with Gasteiger partial charge in [0.15, 0.2) is 5.78 Å². The lowest BCUT2D eigenvalue weighted by Crippen LogP contribution is -2.46. The smallest absolute Gasteiger partial charge is 0.404 e. The molecule has 0 fully saturated rings. The quantitative estimate of drug-likeness (QED) is 0.836. The number of hydrogen-bond acceptors (Lipinski definition) is 3. The van der Waals surface area contributed by atoms with E-state index in [2.05, 4.69) is 5.32 Å². The van der Waals surface area contributed by atoms with Crippen LogP contribution in [0.25, 0.3) is 0 Å². The zero-order chi connectivity index (χ0) is 16.4. The molecule has 0 spiro atoms. The molecule has 0 radical (unpaired) electrons. The lowest BCUT2D eigenvalue weighted by Gasteiger charge is -2.30. The van der Waals surface area contributed by atoms with Crippen LogP contribution in [0.1, 0.15) is 36.7 Å². The van der Waals surface area contributed by atoms with Crippen molar-refractivity contribution >= 4 is 11.9 Å². The first-order valence-electron chi connectivity index (χ1n) is 6.04. The Labute approximate surface area is 120 Å². The summed E-state index contributed by atoms with van der Waals surface area (Å²) in [6.45, 7) is 4.40. The second-order valence-corrected chi connectivity index (χ2v) is 5.15. The molecule has 0 saturated heterocycles. The average molecular weight is 296 g/mol. The van der Waals surface area contributed by atoms with Crippen LogP contribution < -0.4 is 5.32 Å². The number of halogens is 2. The normalized spacial score (nSPS) is 12.4. The van der Waals surface area contributed by atoms with Gasteiger partial charge in [0, 0.05) is 17.0 Å². The summed E-state index contributed by atoms with van der Waals surface area (Å²) in [4.78, 5) is 23.0. The van der Waals surface area contributed by atoms with Crippen LogP contribution in [0.15, 0.2) is 12.1 Å².